The van der Waals surface area contributed by atoms with Gasteiger partial charge in [0.15, 0.2) is 0 Å². The highest BCUT2D eigenvalue weighted by Gasteiger charge is 2.18. The monoisotopic (exact) mass is 344 g/mol. The van der Waals surface area contributed by atoms with Gasteiger partial charge in [-0.05, 0) is 42.4 Å². The lowest BCUT2D eigenvalue weighted by Crippen LogP contribution is -2.19. The first-order chi connectivity index (χ1) is 9.45. The van der Waals surface area contributed by atoms with Crippen molar-refractivity contribution < 1.29 is 8.78 Å². The Bertz CT molecular complexity index is 627. The van der Waals surface area contributed by atoms with Crippen molar-refractivity contribution in [2.75, 3.05) is 6.54 Å². The number of benzene rings is 1. The molecular weight excluding hydrogens is 330 g/mol. The van der Waals surface area contributed by atoms with Crippen LogP contribution in [0.4, 0.5) is 8.78 Å². The van der Waals surface area contributed by atoms with Crippen molar-refractivity contribution in [1.82, 2.24) is 20.3 Å². The first-order valence-corrected chi connectivity index (χ1v) is 7.05. The maximum Gasteiger partial charge on any atom is 0.150 e. The van der Waals surface area contributed by atoms with Gasteiger partial charge in [-0.3, -0.25) is 0 Å². The van der Waals surface area contributed by atoms with Gasteiger partial charge in [-0.2, -0.15) is 0 Å². The van der Waals surface area contributed by atoms with Crippen LogP contribution in [0.1, 0.15) is 31.3 Å². The van der Waals surface area contributed by atoms with Gasteiger partial charge in [0.1, 0.15) is 23.0 Å². The minimum absolute atomic E-state index is 0.00268. The van der Waals surface area contributed by atoms with E-state index in [0.717, 1.165) is 24.4 Å². The van der Waals surface area contributed by atoms with E-state index in [1.807, 2.05) is 13.8 Å². The lowest BCUT2D eigenvalue weighted by atomic mass is 10.2. The van der Waals surface area contributed by atoms with Gasteiger partial charge in [0.2, 0.25) is 0 Å². The minimum Gasteiger partial charge on any atom is -0.309 e. The summed E-state index contributed by atoms with van der Waals surface area (Å²) in [4.78, 5) is 0. The summed E-state index contributed by atoms with van der Waals surface area (Å²) in [5, 5.41) is 11.2. The summed E-state index contributed by atoms with van der Waals surface area (Å²) in [7, 11) is 0. The number of halogens is 3. The summed E-state index contributed by atoms with van der Waals surface area (Å²) in [5.74, 6) is -1.11. The van der Waals surface area contributed by atoms with E-state index in [1.165, 1.54) is 4.68 Å². The highest BCUT2D eigenvalue weighted by Crippen LogP contribution is 2.24. The summed E-state index contributed by atoms with van der Waals surface area (Å²) < 4.78 is 28.9. The number of hydrogen-bond acceptors (Lipinski definition) is 3. The third-order valence-electron chi connectivity index (χ3n) is 3.07. The standard InChI is InChI=1S/C13H15BrF2N4/c1-4-17-7(2)13-8(3)20(19-18-13)12-6-10(15)9(14)5-11(12)16/h5-7,17H,4H2,1-3H3. The second-order valence-corrected chi connectivity index (χ2v) is 5.32. The molecular formula is C13H15BrF2N4. The van der Waals surface area contributed by atoms with Crippen LogP contribution in [0.2, 0.25) is 0 Å². The molecule has 1 aromatic carbocycles. The molecule has 0 spiro atoms. The summed E-state index contributed by atoms with van der Waals surface area (Å²) in [6.07, 6.45) is 0. The molecule has 0 bridgehead atoms. The van der Waals surface area contributed by atoms with Crippen LogP contribution >= 0.6 is 15.9 Å². The third kappa shape index (κ3) is 2.73. The molecule has 0 amide bonds. The Hall–Kier alpha value is -1.34. The minimum atomic E-state index is -0.561. The molecule has 0 saturated heterocycles. The third-order valence-corrected chi connectivity index (χ3v) is 3.68. The molecule has 4 nitrogen and oxygen atoms in total. The second kappa shape index (κ2) is 5.97. The molecule has 1 heterocycles. The van der Waals surface area contributed by atoms with Crippen LogP contribution in [-0.4, -0.2) is 21.5 Å². The van der Waals surface area contributed by atoms with E-state index < -0.39 is 11.6 Å². The molecule has 1 N–H and O–H groups in total. The summed E-state index contributed by atoms with van der Waals surface area (Å²) >= 11 is 2.95. The van der Waals surface area contributed by atoms with Crippen LogP contribution in [0.15, 0.2) is 16.6 Å². The van der Waals surface area contributed by atoms with E-state index in [2.05, 4.69) is 31.6 Å². The molecule has 20 heavy (non-hydrogen) atoms. The van der Waals surface area contributed by atoms with Crippen LogP contribution in [0.25, 0.3) is 5.69 Å². The Balaban J connectivity index is 2.47. The number of nitrogens with zero attached hydrogens (tertiary/aromatic N) is 3. The van der Waals surface area contributed by atoms with Gasteiger partial charge in [0.25, 0.3) is 0 Å². The van der Waals surface area contributed by atoms with Gasteiger partial charge in [0, 0.05) is 6.07 Å². The predicted octanol–water partition coefficient (Wildman–Crippen LogP) is 3.29. The summed E-state index contributed by atoms with van der Waals surface area (Å²) in [6, 6.07) is 2.18. The van der Waals surface area contributed by atoms with Gasteiger partial charge in [-0.15, -0.1) is 5.10 Å². The molecule has 1 atom stereocenters. The smallest absolute Gasteiger partial charge is 0.150 e. The maximum atomic E-state index is 14.0. The van der Waals surface area contributed by atoms with Gasteiger partial charge in [-0.25, -0.2) is 13.5 Å². The van der Waals surface area contributed by atoms with Crippen molar-refractivity contribution in [2.45, 2.75) is 26.8 Å². The topological polar surface area (TPSA) is 42.7 Å². The fourth-order valence-corrected chi connectivity index (χ4v) is 2.36. The molecule has 1 unspecified atom stereocenters. The van der Waals surface area contributed by atoms with Crippen molar-refractivity contribution in [2.24, 2.45) is 0 Å². The molecule has 2 aromatic rings. The van der Waals surface area contributed by atoms with E-state index in [0.29, 0.717) is 5.69 Å². The molecule has 1 aromatic heterocycles. The molecule has 108 valence electrons. The number of nitrogens with one attached hydrogen (secondary N) is 1. The Labute approximate surface area is 124 Å². The molecule has 0 saturated carbocycles. The van der Waals surface area contributed by atoms with Crippen molar-refractivity contribution >= 4 is 15.9 Å². The Morgan fingerprint density at radius 1 is 1.35 bits per heavy atom. The molecule has 0 aliphatic heterocycles. The average molecular weight is 345 g/mol. The van der Waals surface area contributed by atoms with Crippen LogP contribution in [0, 0.1) is 18.6 Å². The first kappa shape index (κ1) is 15.1. The zero-order valence-electron chi connectivity index (χ0n) is 11.4. The van der Waals surface area contributed by atoms with E-state index in [9.17, 15) is 8.78 Å². The average Bonchev–Trinajstić information content (AvgIpc) is 2.76. The Morgan fingerprint density at radius 2 is 2.05 bits per heavy atom. The van der Waals surface area contributed by atoms with E-state index in [1.54, 1.807) is 6.92 Å². The number of hydrogen-bond donors (Lipinski definition) is 1. The molecule has 0 fully saturated rings. The largest absolute Gasteiger partial charge is 0.309 e. The van der Waals surface area contributed by atoms with Crippen molar-refractivity contribution in [3.8, 4) is 5.69 Å². The van der Waals surface area contributed by atoms with Crippen molar-refractivity contribution in [3.05, 3.63) is 39.6 Å². The summed E-state index contributed by atoms with van der Waals surface area (Å²) in [5.41, 5.74) is 1.44. The van der Waals surface area contributed by atoms with Crippen molar-refractivity contribution in [3.63, 3.8) is 0 Å². The SMILES string of the molecule is CCNC(C)c1nnn(-c2cc(F)c(Br)cc2F)c1C. The zero-order valence-corrected chi connectivity index (χ0v) is 13.0. The van der Waals surface area contributed by atoms with Crippen LogP contribution < -0.4 is 5.32 Å². The van der Waals surface area contributed by atoms with Gasteiger partial charge in [-0.1, -0.05) is 12.1 Å². The lowest BCUT2D eigenvalue weighted by molar-refractivity contribution is 0.577. The molecule has 7 heteroatoms. The first-order valence-electron chi connectivity index (χ1n) is 6.26. The summed E-state index contributed by atoms with van der Waals surface area (Å²) in [6.45, 7) is 6.50. The number of aromatic nitrogens is 3. The van der Waals surface area contributed by atoms with Gasteiger partial charge >= 0.3 is 0 Å². The maximum absolute atomic E-state index is 14.0. The molecule has 2 rings (SSSR count). The highest BCUT2D eigenvalue weighted by molar-refractivity contribution is 9.10. The van der Waals surface area contributed by atoms with Crippen LogP contribution in [-0.2, 0) is 0 Å². The fourth-order valence-electron chi connectivity index (χ4n) is 2.05. The molecule has 0 aliphatic carbocycles. The van der Waals surface area contributed by atoms with Crippen molar-refractivity contribution in [1.29, 1.82) is 0 Å². The van der Waals surface area contributed by atoms with E-state index in [-0.39, 0.29) is 16.2 Å². The van der Waals surface area contributed by atoms with E-state index >= 15 is 0 Å². The van der Waals surface area contributed by atoms with Gasteiger partial charge in [0.05, 0.1) is 16.2 Å². The Kier molecular flexibility index (Phi) is 4.49. The zero-order chi connectivity index (χ0) is 14.9. The normalized spacial score (nSPS) is 12.7. The Morgan fingerprint density at radius 3 is 2.70 bits per heavy atom. The molecule has 0 aliphatic rings. The number of rotatable bonds is 4. The predicted molar refractivity (Wildman–Crippen MR) is 75.8 cm³/mol. The molecule has 0 radical (unpaired) electrons. The lowest BCUT2D eigenvalue weighted by Gasteiger charge is -2.11. The van der Waals surface area contributed by atoms with Crippen LogP contribution in [0.3, 0.4) is 0 Å². The fraction of sp³-hybridized carbons (Fsp3) is 0.385. The highest BCUT2D eigenvalue weighted by atomic mass is 79.9. The van der Waals surface area contributed by atoms with E-state index in [4.69, 9.17) is 0 Å². The second-order valence-electron chi connectivity index (χ2n) is 4.47. The quantitative estimate of drug-likeness (QED) is 0.865. The van der Waals surface area contributed by atoms with Crippen LogP contribution in [0.5, 0.6) is 0 Å². The van der Waals surface area contributed by atoms with Gasteiger partial charge < -0.3 is 5.32 Å².